The van der Waals surface area contributed by atoms with Crippen molar-refractivity contribution in [3.05, 3.63) is 110 Å². The van der Waals surface area contributed by atoms with E-state index in [1.165, 1.54) is 19.3 Å². The van der Waals surface area contributed by atoms with Gasteiger partial charge in [-0.1, -0.05) is 78.0 Å². The summed E-state index contributed by atoms with van der Waals surface area (Å²) in [5, 5.41) is 16.8. The molecule has 2 atom stereocenters. The zero-order valence-corrected chi connectivity index (χ0v) is 25.5. The van der Waals surface area contributed by atoms with Crippen molar-refractivity contribution in [2.24, 2.45) is 21.1 Å². The fraction of sp³-hybridized carbons (Fsp3) is 0.394. The Bertz CT molecular complexity index is 1630. The SMILES string of the molecule is [N-]=[N+]=Nc1ccccc1C[C@]1(C(=O)NNCC2CCCCC2)N=C(c2ccc(OCCCO)cc2)O[C@H]1c1ccccc1N=[N+]=[N-]. The molecule has 0 radical (unpaired) electrons. The highest BCUT2D eigenvalue weighted by Crippen LogP contribution is 2.46. The summed E-state index contributed by atoms with van der Waals surface area (Å²) in [5.41, 5.74) is 25.4. The Morgan fingerprint density at radius 1 is 0.978 bits per heavy atom. The smallest absolute Gasteiger partial charge is 0.266 e. The third-order valence-electron chi connectivity index (χ3n) is 8.32. The molecule has 1 saturated carbocycles. The molecule has 0 spiro atoms. The fourth-order valence-corrected chi connectivity index (χ4v) is 5.98. The average molecular weight is 624 g/mol. The zero-order chi connectivity index (χ0) is 32.2. The van der Waals surface area contributed by atoms with E-state index in [9.17, 15) is 15.9 Å². The van der Waals surface area contributed by atoms with Crippen LogP contribution in [0.5, 0.6) is 5.75 Å². The van der Waals surface area contributed by atoms with Crippen molar-refractivity contribution < 1.29 is 19.4 Å². The number of aliphatic hydroxyl groups is 1. The monoisotopic (exact) mass is 623 g/mol. The molecule has 0 bridgehead atoms. The third kappa shape index (κ3) is 7.59. The molecule has 1 aliphatic carbocycles. The number of rotatable bonds is 14. The van der Waals surface area contributed by atoms with Gasteiger partial charge >= 0.3 is 0 Å². The van der Waals surface area contributed by atoms with Crippen LogP contribution < -0.4 is 15.6 Å². The average Bonchev–Trinajstić information content (AvgIpc) is 3.47. The number of nitrogens with zero attached hydrogens (tertiary/aromatic N) is 7. The Hall–Kier alpha value is -5.06. The first-order valence-corrected chi connectivity index (χ1v) is 15.5. The molecule has 13 nitrogen and oxygen atoms in total. The first kappa shape index (κ1) is 32.3. The van der Waals surface area contributed by atoms with Crippen molar-refractivity contribution in [1.29, 1.82) is 0 Å². The lowest BCUT2D eigenvalue weighted by atomic mass is 9.81. The quantitative estimate of drug-likeness (QED) is 0.0570. The van der Waals surface area contributed by atoms with Crippen LogP contribution in [-0.2, 0) is 16.0 Å². The van der Waals surface area contributed by atoms with E-state index in [0.29, 0.717) is 59.3 Å². The van der Waals surface area contributed by atoms with Gasteiger partial charge in [0.2, 0.25) is 5.90 Å². The molecule has 13 heteroatoms. The normalized spacial score (nSPS) is 19.2. The second-order valence-electron chi connectivity index (χ2n) is 11.4. The van der Waals surface area contributed by atoms with Gasteiger partial charge in [0.1, 0.15) is 5.75 Å². The molecule has 1 heterocycles. The lowest BCUT2D eigenvalue weighted by Crippen LogP contribution is -2.54. The Morgan fingerprint density at radius 3 is 2.41 bits per heavy atom. The van der Waals surface area contributed by atoms with E-state index in [1.807, 2.05) is 0 Å². The Kier molecular flexibility index (Phi) is 11.1. The number of ether oxygens (including phenoxy) is 2. The maximum atomic E-state index is 14.5. The molecular weight excluding hydrogens is 586 g/mol. The largest absolute Gasteiger partial charge is 0.494 e. The van der Waals surface area contributed by atoms with Crippen molar-refractivity contribution in [2.75, 3.05) is 19.8 Å². The number of aliphatic hydroxyl groups excluding tert-OH is 1. The molecule has 3 N–H and O–H groups in total. The van der Waals surface area contributed by atoms with E-state index in [1.54, 1.807) is 72.8 Å². The van der Waals surface area contributed by atoms with Crippen LogP contribution in [0.1, 0.15) is 61.3 Å². The van der Waals surface area contributed by atoms with Gasteiger partial charge in [-0.2, -0.15) is 0 Å². The molecule has 2 aliphatic rings. The summed E-state index contributed by atoms with van der Waals surface area (Å²) < 4.78 is 12.3. The highest BCUT2D eigenvalue weighted by Gasteiger charge is 2.54. The van der Waals surface area contributed by atoms with Gasteiger partial charge in [0, 0.05) is 58.3 Å². The van der Waals surface area contributed by atoms with Crippen LogP contribution in [0, 0.1) is 5.92 Å². The highest BCUT2D eigenvalue weighted by atomic mass is 16.5. The molecule has 3 aromatic carbocycles. The molecule has 1 fully saturated rings. The van der Waals surface area contributed by atoms with Gasteiger partial charge in [0.25, 0.3) is 5.91 Å². The van der Waals surface area contributed by atoms with Crippen LogP contribution in [0.15, 0.2) is 88.0 Å². The lowest BCUT2D eigenvalue weighted by molar-refractivity contribution is -0.130. The van der Waals surface area contributed by atoms with Crippen LogP contribution in [0.3, 0.4) is 0 Å². The van der Waals surface area contributed by atoms with Gasteiger partial charge in [-0.05, 0) is 59.7 Å². The standard InChI is InChI=1S/C33H37N9O4/c34-41-38-28-13-6-4-11-25(28)21-33(32(44)40-36-22-23-9-2-1-3-10-23)30(27-12-5-7-14-29(27)39-42-35)46-31(37-33)24-15-17-26(18-16-24)45-20-8-19-43/h4-7,11-18,23,30,36,43H,1-3,8-10,19-22H2,(H,40,44)/t30-,33-/m0/s1. The number of hydrazine groups is 1. The molecular formula is C33H37N9O4. The van der Waals surface area contributed by atoms with Gasteiger partial charge < -0.3 is 14.6 Å². The van der Waals surface area contributed by atoms with Crippen LogP contribution in [0.4, 0.5) is 11.4 Å². The summed E-state index contributed by atoms with van der Waals surface area (Å²) in [6, 6.07) is 21.1. The van der Waals surface area contributed by atoms with E-state index < -0.39 is 17.6 Å². The molecule has 46 heavy (non-hydrogen) atoms. The summed E-state index contributed by atoms with van der Waals surface area (Å²) in [5.74, 6) is 0.833. The molecule has 5 rings (SSSR count). The minimum absolute atomic E-state index is 0.0141. The third-order valence-corrected chi connectivity index (χ3v) is 8.32. The van der Waals surface area contributed by atoms with Gasteiger partial charge in [0.05, 0.1) is 6.61 Å². The second kappa shape index (κ2) is 15.8. The van der Waals surface area contributed by atoms with Gasteiger partial charge in [0.15, 0.2) is 11.6 Å². The van der Waals surface area contributed by atoms with Crippen molar-refractivity contribution in [1.82, 2.24) is 10.9 Å². The minimum atomic E-state index is -1.60. The summed E-state index contributed by atoms with van der Waals surface area (Å²) >= 11 is 0. The molecule has 3 aromatic rings. The number of azide groups is 2. The Balaban J connectivity index is 1.58. The van der Waals surface area contributed by atoms with Gasteiger partial charge in [-0.25, -0.2) is 10.4 Å². The predicted molar refractivity (Wildman–Crippen MR) is 174 cm³/mol. The maximum Gasteiger partial charge on any atom is 0.266 e. The zero-order valence-electron chi connectivity index (χ0n) is 25.5. The van der Waals surface area contributed by atoms with Crippen LogP contribution in [0.25, 0.3) is 20.9 Å². The summed E-state index contributed by atoms with van der Waals surface area (Å²) in [4.78, 5) is 25.5. The Morgan fingerprint density at radius 2 is 1.67 bits per heavy atom. The van der Waals surface area contributed by atoms with Crippen LogP contribution in [0.2, 0.25) is 0 Å². The number of carbonyl (C=O) groups is 1. The fourth-order valence-electron chi connectivity index (χ4n) is 5.98. The molecule has 0 unspecified atom stereocenters. The van der Waals surface area contributed by atoms with Gasteiger partial charge in [-0.3, -0.25) is 10.2 Å². The molecule has 238 valence electrons. The Labute approximate surface area is 266 Å². The number of nitrogens with one attached hydrogen (secondary N) is 2. The van der Waals surface area contributed by atoms with E-state index in [-0.39, 0.29) is 18.9 Å². The number of carbonyl (C=O) groups excluding carboxylic acids is 1. The predicted octanol–water partition coefficient (Wildman–Crippen LogP) is 7.03. The topological polar surface area (TPSA) is 190 Å². The van der Waals surface area contributed by atoms with Crippen LogP contribution in [-0.4, -0.2) is 42.2 Å². The molecule has 0 saturated heterocycles. The number of aliphatic imine (C=N–C) groups is 1. The van der Waals surface area contributed by atoms with E-state index in [4.69, 9.17) is 19.6 Å². The molecule has 1 aliphatic heterocycles. The van der Waals surface area contributed by atoms with Crippen molar-refractivity contribution in [2.45, 2.75) is 56.6 Å². The van der Waals surface area contributed by atoms with Crippen LogP contribution >= 0.6 is 0 Å². The highest BCUT2D eigenvalue weighted by molar-refractivity contribution is 6.01. The number of hydrogen-bond acceptors (Lipinski definition) is 8. The number of amides is 1. The van der Waals surface area contributed by atoms with Crippen molar-refractivity contribution in [3.63, 3.8) is 0 Å². The summed E-state index contributed by atoms with van der Waals surface area (Å²) in [6.45, 7) is 1.02. The van der Waals surface area contributed by atoms with Crippen molar-refractivity contribution in [3.8, 4) is 5.75 Å². The lowest BCUT2D eigenvalue weighted by Gasteiger charge is -2.32. The summed E-state index contributed by atoms with van der Waals surface area (Å²) in [7, 11) is 0. The second-order valence-corrected chi connectivity index (χ2v) is 11.4. The van der Waals surface area contributed by atoms with E-state index in [2.05, 4.69) is 30.9 Å². The van der Waals surface area contributed by atoms with E-state index >= 15 is 0 Å². The molecule has 0 aromatic heterocycles. The first-order valence-electron chi connectivity index (χ1n) is 15.5. The first-order chi connectivity index (χ1) is 22.6. The van der Waals surface area contributed by atoms with E-state index in [0.717, 1.165) is 12.8 Å². The summed E-state index contributed by atoms with van der Waals surface area (Å²) in [6.07, 6.45) is 5.28. The number of benzene rings is 3. The molecule has 1 amide bonds. The minimum Gasteiger partial charge on any atom is -0.494 e. The number of hydrogen-bond donors (Lipinski definition) is 3. The maximum absolute atomic E-state index is 14.5. The van der Waals surface area contributed by atoms with Gasteiger partial charge in [-0.15, -0.1) is 0 Å². The van der Waals surface area contributed by atoms with Crippen molar-refractivity contribution >= 4 is 23.2 Å².